The Morgan fingerprint density at radius 1 is 1.25 bits per heavy atom. The topological polar surface area (TPSA) is 24.5 Å². The second-order valence-corrected chi connectivity index (χ2v) is 6.00. The Balaban J connectivity index is 2.08. The Morgan fingerprint density at radius 3 is 2.44 bits per heavy atom. The molecule has 0 aromatic heterocycles. The van der Waals surface area contributed by atoms with Gasteiger partial charge in [0, 0.05) is 39.3 Å². The first-order chi connectivity index (χ1) is 7.53. The van der Waals surface area contributed by atoms with Crippen LogP contribution >= 0.6 is 0 Å². The Kier molecular flexibility index (Phi) is 5.73. The minimum Gasteiger partial charge on any atom is -0.383 e. The highest BCUT2D eigenvalue weighted by molar-refractivity contribution is 4.84. The van der Waals surface area contributed by atoms with E-state index in [-0.39, 0.29) is 0 Å². The number of ether oxygens (including phenoxy) is 1. The van der Waals surface area contributed by atoms with Crippen molar-refractivity contribution in [2.24, 2.45) is 5.41 Å². The molecule has 16 heavy (non-hydrogen) atoms. The van der Waals surface area contributed by atoms with Crippen LogP contribution in [0.15, 0.2) is 0 Å². The molecular formula is C13H28N2O. The van der Waals surface area contributed by atoms with Crippen molar-refractivity contribution >= 4 is 0 Å². The van der Waals surface area contributed by atoms with E-state index in [1.165, 1.54) is 12.8 Å². The first-order valence-corrected chi connectivity index (χ1v) is 6.46. The maximum absolute atomic E-state index is 5.15. The zero-order valence-corrected chi connectivity index (χ0v) is 11.4. The van der Waals surface area contributed by atoms with Crippen LogP contribution in [0.2, 0.25) is 0 Å². The standard InChI is InChI=1S/C13H28N2O/c1-13(2,3)11-14-7-8-15(9-10-16-4)12-5-6-12/h12,14H,5-11H2,1-4H3. The molecule has 0 radical (unpaired) electrons. The van der Waals surface area contributed by atoms with E-state index in [0.29, 0.717) is 5.41 Å². The quantitative estimate of drug-likeness (QED) is 0.640. The SMILES string of the molecule is COCCN(CCNCC(C)(C)C)C1CC1. The molecule has 0 bridgehead atoms. The normalized spacial score (nSPS) is 17.1. The monoisotopic (exact) mass is 228 g/mol. The van der Waals surface area contributed by atoms with Gasteiger partial charge < -0.3 is 10.1 Å². The number of methoxy groups -OCH3 is 1. The van der Waals surface area contributed by atoms with Crippen LogP contribution in [0.1, 0.15) is 33.6 Å². The van der Waals surface area contributed by atoms with E-state index >= 15 is 0 Å². The summed E-state index contributed by atoms with van der Waals surface area (Å²) in [6.07, 6.45) is 2.76. The lowest BCUT2D eigenvalue weighted by atomic mass is 9.97. The van der Waals surface area contributed by atoms with Gasteiger partial charge in [0.25, 0.3) is 0 Å². The summed E-state index contributed by atoms with van der Waals surface area (Å²) in [4.78, 5) is 2.55. The predicted molar refractivity (Wildman–Crippen MR) is 68.8 cm³/mol. The van der Waals surface area contributed by atoms with Crippen molar-refractivity contribution < 1.29 is 4.74 Å². The lowest BCUT2D eigenvalue weighted by Gasteiger charge is -2.23. The van der Waals surface area contributed by atoms with Crippen molar-refractivity contribution in [1.29, 1.82) is 0 Å². The first kappa shape index (κ1) is 13.9. The summed E-state index contributed by atoms with van der Waals surface area (Å²) in [5.74, 6) is 0. The molecule has 0 aromatic carbocycles. The summed E-state index contributed by atoms with van der Waals surface area (Å²) in [6.45, 7) is 12.1. The van der Waals surface area contributed by atoms with Gasteiger partial charge in [0.05, 0.1) is 6.61 Å². The number of nitrogens with zero attached hydrogens (tertiary/aromatic N) is 1. The summed E-state index contributed by atoms with van der Waals surface area (Å²) in [5, 5.41) is 3.53. The predicted octanol–water partition coefficient (Wildman–Crippen LogP) is 1.73. The van der Waals surface area contributed by atoms with E-state index in [9.17, 15) is 0 Å². The summed E-state index contributed by atoms with van der Waals surface area (Å²) in [6, 6.07) is 0.839. The Bertz CT molecular complexity index is 185. The average molecular weight is 228 g/mol. The maximum Gasteiger partial charge on any atom is 0.0589 e. The summed E-state index contributed by atoms with van der Waals surface area (Å²) < 4.78 is 5.15. The van der Waals surface area contributed by atoms with Gasteiger partial charge in [-0.1, -0.05) is 20.8 Å². The van der Waals surface area contributed by atoms with Gasteiger partial charge in [-0.2, -0.15) is 0 Å². The zero-order chi connectivity index (χ0) is 12.0. The fraction of sp³-hybridized carbons (Fsp3) is 1.00. The summed E-state index contributed by atoms with van der Waals surface area (Å²) >= 11 is 0. The van der Waals surface area contributed by atoms with Crippen LogP contribution < -0.4 is 5.32 Å². The molecule has 0 spiro atoms. The molecule has 1 saturated carbocycles. The highest BCUT2D eigenvalue weighted by Crippen LogP contribution is 2.26. The van der Waals surface area contributed by atoms with Crippen LogP contribution in [0.4, 0.5) is 0 Å². The highest BCUT2D eigenvalue weighted by Gasteiger charge is 2.28. The number of hydrogen-bond acceptors (Lipinski definition) is 3. The van der Waals surface area contributed by atoms with Crippen LogP contribution in [-0.4, -0.2) is 50.8 Å². The van der Waals surface area contributed by atoms with E-state index in [4.69, 9.17) is 4.74 Å². The smallest absolute Gasteiger partial charge is 0.0589 e. The fourth-order valence-electron chi connectivity index (χ4n) is 1.81. The van der Waals surface area contributed by atoms with Gasteiger partial charge in [-0.25, -0.2) is 0 Å². The molecule has 1 fully saturated rings. The van der Waals surface area contributed by atoms with Crippen molar-refractivity contribution in [2.45, 2.75) is 39.7 Å². The third kappa shape index (κ3) is 6.46. The van der Waals surface area contributed by atoms with Crippen molar-refractivity contribution in [2.75, 3.05) is 39.9 Å². The summed E-state index contributed by atoms with van der Waals surface area (Å²) in [5.41, 5.74) is 0.386. The van der Waals surface area contributed by atoms with Gasteiger partial charge in [-0.3, -0.25) is 4.90 Å². The Morgan fingerprint density at radius 2 is 1.94 bits per heavy atom. The van der Waals surface area contributed by atoms with Gasteiger partial charge in [0.2, 0.25) is 0 Å². The van der Waals surface area contributed by atoms with Crippen LogP contribution in [-0.2, 0) is 4.74 Å². The molecule has 3 nitrogen and oxygen atoms in total. The van der Waals surface area contributed by atoms with Crippen LogP contribution in [0.25, 0.3) is 0 Å². The van der Waals surface area contributed by atoms with E-state index in [0.717, 1.165) is 38.8 Å². The minimum atomic E-state index is 0.386. The molecule has 3 heteroatoms. The number of nitrogens with one attached hydrogen (secondary N) is 1. The molecule has 0 amide bonds. The van der Waals surface area contributed by atoms with Gasteiger partial charge in [0.1, 0.15) is 0 Å². The second-order valence-electron chi connectivity index (χ2n) is 6.00. The average Bonchev–Trinajstić information content (AvgIpc) is 2.98. The van der Waals surface area contributed by atoms with Crippen molar-refractivity contribution in [3.63, 3.8) is 0 Å². The van der Waals surface area contributed by atoms with Crippen LogP contribution in [0.3, 0.4) is 0 Å². The van der Waals surface area contributed by atoms with Crippen molar-refractivity contribution in [3.05, 3.63) is 0 Å². The maximum atomic E-state index is 5.15. The third-order valence-corrected chi connectivity index (χ3v) is 2.88. The van der Waals surface area contributed by atoms with E-state index in [1.54, 1.807) is 7.11 Å². The Labute approximate surface area is 101 Å². The minimum absolute atomic E-state index is 0.386. The van der Waals surface area contributed by atoms with Crippen LogP contribution in [0, 0.1) is 5.41 Å². The molecule has 1 rings (SSSR count). The van der Waals surface area contributed by atoms with Gasteiger partial charge >= 0.3 is 0 Å². The van der Waals surface area contributed by atoms with Gasteiger partial charge in [-0.15, -0.1) is 0 Å². The first-order valence-electron chi connectivity index (χ1n) is 6.46. The molecule has 0 aromatic rings. The third-order valence-electron chi connectivity index (χ3n) is 2.88. The van der Waals surface area contributed by atoms with Crippen LogP contribution in [0.5, 0.6) is 0 Å². The number of hydrogen-bond donors (Lipinski definition) is 1. The fourth-order valence-corrected chi connectivity index (χ4v) is 1.81. The van der Waals surface area contributed by atoms with Gasteiger partial charge in [0.15, 0.2) is 0 Å². The van der Waals surface area contributed by atoms with E-state index < -0.39 is 0 Å². The van der Waals surface area contributed by atoms with Gasteiger partial charge in [-0.05, 0) is 18.3 Å². The molecule has 96 valence electrons. The van der Waals surface area contributed by atoms with E-state index in [1.807, 2.05) is 0 Å². The van der Waals surface area contributed by atoms with E-state index in [2.05, 4.69) is 31.0 Å². The van der Waals surface area contributed by atoms with Crippen molar-refractivity contribution in [1.82, 2.24) is 10.2 Å². The molecule has 0 atom stereocenters. The molecule has 0 unspecified atom stereocenters. The molecule has 1 aliphatic rings. The Hall–Kier alpha value is -0.120. The molecule has 0 heterocycles. The summed E-state index contributed by atoms with van der Waals surface area (Å²) in [7, 11) is 1.78. The largest absolute Gasteiger partial charge is 0.383 e. The lowest BCUT2D eigenvalue weighted by Crippen LogP contribution is -2.38. The molecule has 0 aliphatic heterocycles. The molecule has 1 N–H and O–H groups in total. The second kappa shape index (κ2) is 6.58. The molecule has 0 saturated heterocycles. The molecule has 1 aliphatic carbocycles. The highest BCUT2D eigenvalue weighted by atomic mass is 16.5. The zero-order valence-electron chi connectivity index (χ0n) is 11.4. The lowest BCUT2D eigenvalue weighted by molar-refractivity contribution is 0.143. The number of rotatable bonds is 8. The van der Waals surface area contributed by atoms with Crippen molar-refractivity contribution in [3.8, 4) is 0 Å². The molecular weight excluding hydrogens is 200 g/mol.